The first-order valence-electron chi connectivity index (χ1n) is 6.34. The quantitative estimate of drug-likeness (QED) is 0.879. The smallest absolute Gasteiger partial charge is 0.240 e. The lowest BCUT2D eigenvalue weighted by atomic mass is 9.93. The minimum Gasteiger partial charge on any atom is -0.391 e. The molecule has 0 aliphatic heterocycles. The Morgan fingerprint density at radius 3 is 2.70 bits per heavy atom. The largest absolute Gasteiger partial charge is 0.391 e. The second-order valence-corrected chi connectivity index (χ2v) is 6.55. The molecule has 108 valence electrons. The van der Waals surface area contributed by atoms with E-state index in [9.17, 15) is 17.9 Å². The number of nitrogens with one attached hydrogen (secondary N) is 1. The molecule has 1 aliphatic rings. The zero-order chi connectivity index (χ0) is 14.8. The lowest BCUT2D eigenvalue weighted by Crippen LogP contribution is -2.44. The van der Waals surface area contributed by atoms with Crippen LogP contribution < -0.4 is 4.72 Å². The molecule has 0 amide bonds. The summed E-state index contributed by atoms with van der Waals surface area (Å²) in [5.74, 6) is -0.760. The average Bonchev–Trinajstić information content (AvgIpc) is 2.41. The number of hydrogen-bond acceptors (Lipinski definition) is 4. The van der Waals surface area contributed by atoms with Crippen molar-refractivity contribution in [3.8, 4) is 6.07 Å². The van der Waals surface area contributed by atoms with Crippen LogP contribution in [0, 0.1) is 17.1 Å². The van der Waals surface area contributed by atoms with Gasteiger partial charge in [0.05, 0.1) is 16.6 Å². The van der Waals surface area contributed by atoms with Crippen LogP contribution in [0.5, 0.6) is 0 Å². The van der Waals surface area contributed by atoms with Crippen molar-refractivity contribution in [2.24, 2.45) is 0 Å². The number of aliphatic hydroxyl groups is 1. The molecule has 0 radical (unpaired) electrons. The molecule has 1 aliphatic carbocycles. The molecule has 0 bridgehead atoms. The fourth-order valence-corrected chi connectivity index (χ4v) is 3.60. The van der Waals surface area contributed by atoms with Gasteiger partial charge in [0, 0.05) is 6.04 Å². The highest BCUT2D eigenvalue weighted by molar-refractivity contribution is 7.89. The zero-order valence-electron chi connectivity index (χ0n) is 10.7. The molecule has 7 heteroatoms. The predicted octanol–water partition coefficient (Wildman–Crippen LogP) is 1.28. The SMILES string of the molecule is N#Cc1cc(S(=O)(=O)N[C@H]2CCCC[C@@H]2O)ccc1F. The summed E-state index contributed by atoms with van der Waals surface area (Å²) in [6.07, 6.45) is 2.12. The van der Waals surface area contributed by atoms with Crippen LogP contribution >= 0.6 is 0 Å². The van der Waals surface area contributed by atoms with Gasteiger partial charge in [-0.2, -0.15) is 5.26 Å². The van der Waals surface area contributed by atoms with E-state index in [2.05, 4.69) is 4.72 Å². The molecule has 1 fully saturated rings. The van der Waals surface area contributed by atoms with Crippen LogP contribution in [0.2, 0.25) is 0 Å². The predicted molar refractivity (Wildman–Crippen MR) is 69.7 cm³/mol. The number of halogens is 1. The van der Waals surface area contributed by atoms with Crippen molar-refractivity contribution in [1.82, 2.24) is 4.72 Å². The van der Waals surface area contributed by atoms with Gasteiger partial charge in [0.1, 0.15) is 11.9 Å². The summed E-state index contributed by atoms with van der Waals surface area (Å²) < 4.78 is 40.0. The summed E-state index contributed by atoms with van der Waals surface area (Å²) in [5.41, 5.74) is -0.322. The second-order valence-electron chi connectivity index (χ2n) is 4.83. The van der Waals surface area contributed by atoms with Gasteiger partial charge in [-0.05, 0) is 31.0 Å². The summed E-state index contributed by atoms with van der Waals surface area (Å²) in [6, 6.07) is 4.11. The molecule has 1 aromatic carbocycles. The maximum atomic E-state index is 13.2. The number of sulfonamides is 1. The van der Waals surface area contributed by atoms with Crippen LogP contribution in [0.4, 0.5) is 4.39 Å². The van der Waals surface area contributed by atoms with E-state index in [1.165, 1.54) is 0 Å². The van der Waals surface area contributed by atoms with Crippen LogP contribution in [0.3, 0.4) is 0 Å². The Hall–Kier alpha value is -1.49. The summed E-state index contributed by atoms with van der Waals surface area (Å²) in [7, 11) is -3.87. The third-order valence-electron chi connectivity index (χ3n) is 3.40. The van der Waals surface area contributed by atoms with Gasteiger partial charge in [0.15, 0.2) is 0 Å². The third-order valence-corrected chi connectivity index (χ3v) is 4.89. The average molecular weight is 298 g/mol. The molecule has 0 heterocycles. The van der Waals surface area contributed by atoms with Crippen molar-refractivity contribution >= 4 is 10.0 Å². The lowest BCUT2D eigenvalue weighted by Gasteiger charge is -2.28. The molecular formula is C13H15FN2O3S. The van der Waals surface area contributed by atoms with E-state index in [0.29, 0.717) is 12.8 Å². The molecule has 1 aromatic rings. The number of hydrogen-bond donors (Lipinski definition) is 2. The Kier molecular flexibility index (Phi) is 4.38. The van der Waals surface area contributed by atoms with Crippen molar-refractivity contribution in [2.45, 2.75) is 42.7 Å². The van der Waals surface area contributed by atoms with E-state index in [-0.39, 0.29) is 10.5 Å². The van der Waals surface area contributed by atoms with E-state index in [1.807, 2.05) is 0 Å². The molecule has 20 heavy (non-hydrogen) atoms. The molecule has 0 saturated heterocycles. The molecule has 5 nitrogen and oxygen atoms in total. The monoisotopic (exact) mass is 298 g/mol. The fraction of sp³-hybridized carbons (Fsp3) is 0.462. The number of aliphatic hydroxyl groups excluding tert-OH is 1. The van der Waals surface area contributed by atoms with Crippen LogP contribution in [-0.4, -0.2) is 25.7 Å². The van der Waals surface area contributed by atoms with Gasteiger partial charge in [-0.1, -0.05) is 12.8 Å². The zero-order valence-corrected chi connectivity index (χ0v) is 11.5. The molecule has 2 atom stereocenters. The minimum atomic E-state index is -3.87. The molecular weight excluding hydrogens is 283 g/mol. The number of rotatable bonds is 3. The first-order valence-corrected chi connectivity index (χ1v) is 7.82. The van der Waals surface area contributed by atoms with Gasteiger partial charge < -0.3 is 5.11 Å². The minimum absolute atomic E-state index is 0.173. The normalized spacial score (nSPS) is 23.2. The highest BCUT2D eigenvalue weighted by Gasteiger charge is 2.28. The van der Waals surface area contributed by atoms with Crippen molar-refractivity contribution in [3.63, 3.8) is 0 Å². The highest BCUT2D eigenvalue weighted by atomic mass is 32.2. The Balaban J connectivity index is 2.24. The van der Waals surface area contributed by atoms with Crippen LogP contribution in [0.15, 0.2) is 23.1 Å². The molecule has 0 aromatic heterocycles. The topological polar surface area (TPSA) is 90.2 Å². The number of nitriles is 1. The van der Waals surface area contributed by atoms with Crippen molar-refractivity contribution < 1.29 is 17.9 Å². The molecule has 2 rings (SSSR count). The summed E-state index contributed by atoms with van der Waals surface area (Å²) in [5, 5.41) is 18.5. The first kappa shape index (κ1) is 14.9. The van der Waals surface area contributed by atoms with Crippen molar-refractivity contribution in [1.29, 1.82) is 5.26 Å². The van der Waals surface area contributed by atoms with E-state index >= 15 is 0 Å². The van der Waals surface area contributed by atoms with Crippen LogP contribution in [0.1, 0.15) is 31.2 Å². The van der Waals surface area contributed by atoms with Gasteiger partial charge in [-0.3, -0.25) is 0 Å². The Labute approximate surface area is 117 Å². The molecule has 1 saturated carbocycles. The Bertz CT molecular complexity index is 640. The second kappa shape index (κ2) is 5.87. The van der Waals surface area contributed by atoms with Crippen LogP contribution in [-0.2, 0) is 10.0 Å². The maximum absolute atomic E-state index is 13.2. The van der Waals surface area contributed by atoms with E-state index < -0.39 is 28.0 Å². The first-order chi connectivity index (χ1) is 9.44. The van der Waals surface area contributed by atoms with Gasteiger partial charge in [-0.15, -0.1) is 0 Å². The van der Waals surface area contributed by atoms with E-state index in [0.717, 1.165) is 31.0 Å². The number of benzene rings is 1. The summed E-state index contributed by atoms with van der Waals surface area (Å²) in [4.78, 5) is -0.173. The third kappa shape index (κ3) is 3.15. The van der Waals surface area contributed by atoms with Gasteiger partial charge in [0.2, 0.25) is 10.0 Å². The fourth-order valence-electron chi connectivity index (χ4n) is 2.27. The maximum Gasteiger partial charge on any atom is 0.240 e. The highest BCUT2D eigenvalue weighted by Crippen LogP contribution is 2.21. The van der Waals surface area contributed by atoms with Gasteiger partial charge >= 0.3 is 0 Å². The van der Waals surface area contributed by atoms with E-state index in [1.54, 1.807) is 6.07 Å². The van der Waals surface area contributed by atoms with Crippen molar-refractivity contribution in [2.75, 3.05) is 0 Å². The molecule has 0 spiro atoms. The molecule has 0 unspecified atom stereocenters. The van der Waals surface area contributed by atoms with Gasteiger partial charge in [0.25, 0.3) is 0 Å². The summed E-state index contributed by atoms with van der Waals surface area (Å²) >= 11 is 0. The Morgan fingerprint density at radius 2 is 2.05 bits per heavy atom. The van der Waals surface area contributed by atoms with Crippen LogP contribution in [0.25, 0.3) is 0 Å². The number of nitrogens with zero attached hydrogens (tertiary/aromatic N) is 1. The summed E-state index contributed by atoms with van der Waals surface area (Å²) in [6.45, 7) is 0. The van der Waals surface area contributed by atoms with Gasteiger partial charge in [-0.25, -0.2) is 17.5 Å². The van der Waals surface area contributed by atoms with E-state index in [4.69, 9.17) is 5.26 Å². The Morgan fingerprint density at radius 1 is 1.35 bits per heavy atom. The lowest BCUT2D eigenvalue weighted by molar-refractivity contribution is 0.101. The molecule has 2 N–H and O–H groups in total. The standard InChI is InChI=1S/C13H15FN2O3S/c14-11-6-5-10(7-9(11)8-15)20(18,19)16-12-3-1-2-4-13(12)17/h5-7,12-13,16-17H,1-4H2/t12-,13-/m0/s1. The van der Waals surface area contributed by atoms with Crippen molar-refractivity contribution in [3.05, 3.63) is 29.6 Å².